The highest BCUT2D eigenvalue weighted by atomic mass is 15.3. The van der Waals surface area contributed by atoms with Crippen molar-refractivity contribution >= 4 is 0 Å². The summed E-state index contributed by atoms with van der Waals surface area (Å²) in [7, 11) is 0. The Balaban J connectivity index is 2.06. The van der Waals surface area contributed by atoms with Crippen molar-refractivity contribution in [1.29, 1.82) is 0 Å². The van der Waals surface area contributed by atoms with E-state index in [0.717, 1.165) is 19.6 Å². The maximum atomic E-state index is 4.39. The fourth-order valence-corrected chi connectivity index (χ4v) is 2.92. The Bertz CT molecular complexity index is 354. The Kier molecular flexibility index (Phi) is 4.78. The van der Waals surface area contributed by atoms with Gasteiger partial charge in [0.2, 0.25) is 0 Å². The van der Waals surface area contributed by atoms with Crippen LogP contribution in [0.1, 0.15) is 45.2 Å². The number of aryl methyl sites for hydroxylation is 1. The highest BCUT2D eigenvalue weighted by molar-refractivity contribution is 5.10. The molecule has 1 saturated heterocycles. The zero-order valence-corrected chi connectivity index (χ0v) is 11.9. The van der Waals surface area contributed by atoms with Gasteiger partial charge in [-0.15, -0.1) is 0 Å². The maximum absolute atomic E-state index is 4.39. The first kappa shape index (κ1) is 13.6. The van der Waals surface area contributed by atoms with Crippen LogP contribution in [-0.2, 0) is 6.54 Å². The van der Waals surface area contributed by atoms with Crippen LogP contribution < -0.4 is 5.32 Å². The second kappa shape index (κ2) is 6.34. The van der Waals surface area contributed by atoms with E-state index < -0.39 is 0 Å². The topological polar surface area (TPSA) is 33.1 Å². The quantitative estimate of drug-likeness (QED) is 0.868. The summed E-state index contributed by atoms with van der Waals surface area (Å²) in [6, 6.07) is 1.13. The number of piperidine rings is 1. The van der Waals surface area contributed by atoms with Gasteiger partial charge in [0.05, 0.1) is 6.20 Å². The standard InChI is InChI=1S/C14H26N4/c1-4-17-11-13(9-16-17)12(3)18(5-2)14-7-6-8-15-10-14/h9,11-12,14-15H,4-8,10H2,1-3H3. The van der Waals surface area contributed by atoms with Gasteiger partial charge in [-0.2, -0.15) is 5.10 Å². The summed E-state index contributed by atoms with van der Waals surface area (Å²) in [5, 5.41) is 7.90. The fraction of sp³-hybridized carbons (Fsp3) is 0.786. The summed E-state index contributed by atoms with van der Waals surface area (Å²) >= 11 is 0. The van der Waals surface area contributed by atoms with Gasteiger partial charge in [-0.05, 0) is 39.8 Å². The van der Waals surface area contributed by atoms with E-state index in [2.05, 4.69) is 42.3 Å². The summed E-state index contributed by atoms with van der Waals surface area (Å²) in [5.41, 5.74) is 1.34. The molecule has 4 heteroatoms. The first-order valence-corrected chi connectivity index (χ1v) is 7.25. The zero-order valence-electron chi connectivity index (χ0n) is 11.9. The third-order valence-electron chi connectivity index (χ3n) is 4.06. The van der Waals surface area contributed by atoms with Gasteiger partial charge in [0, 0.05) is 36.9 Å². The van der Waals surface area contributed by atoms with Crippen molar-refractivity contribution in [1.82, 2.24) is 20.0 Å². The van der Waals surface area contributed by atoms with Crippen molar-refractivity contribution in [3.05, 3.63) is 18.0 Å². The van der Waals surface area contributed by atoms with Crippen LogP contribution in [0.15, 0.2) is 12.4 Å². The van der Waals surface area contributed by atoms with E-state index in [1.165, 1.54) is 24.9 Å². The second-order valence-electron chi connectivity index (χ2n) is 5.14. The molecule has 2 heterocycles. The molecule has 1 aliphatic heterocycles. The molecule has 1 N–H and O–H groups in total. The van der Waals surface area contributed by atoms with Crippen molar-refractivity contribution in [2.75, 3.05) is 19.6 Å². The van der Waals surface area contributed by atoms with Crippen LogP contribution in [0.5, 0.6) is 0 Å². The molecule has 0 saturated carbocycles. The monoisotopic (exact) mass is 250 g/mol. The Morgan fingerprint density at radius 1 is 1.56 bits per heavy atom. The molecule has 102 valence electrons. The van der Waals surface area contributed by atoms with E-state index in [4.69, 9.17) is 0 Å². The second-order valence-corrected chi connectivity index (χ2v) is 5.14. The van der Waals surface area contributed by atoms with Gasteiger partial charge in [0.25, 0.3) is 0 Å². The lowest BCUT2D eigenvalue weighted by atomic mass is 10.0. The summed E-state index contributed by atoms with van der Waals surface area (Å²) in [4.78, 5) is 2.60. The smallest absolute Gasteiger partial charge is 0.0537 e. The molecule has 0 amide bonds. The molecule has 2 unspecified atom stereocenters. The molecule has 1 fully saturated rings. The number of rotatable bonds is 5. The minimum absolute atomic E-state index is 0.459. The highest BCUT2D eigenvalue weighted by Crippen LogP contribution is 2.24. The summed E-state index contributed by atoms with van der Waals surface area (Å²) in [6.07, 6.45) is 6.81. The Hall–Kier alpha value is -0.870. The van der Waals surface area contributed by atoms with Crippen LogP contribution in [-0.4, -0.2) is 40.4 Å². The molecule has 1 aromatic heterocycles. The molecular weight excluding hydrogens is 224 g/mol. The number of nitrogens with one attached hydrogen (secondary N) is 1. The molecule has 4 nitrogen and oxygen atoms in total. The number of nitrogens with zero attached hydrogens (tertiary/aromatic N) is 3. The van der Waals surface area contributed by atoms with Crippen LogP contribution in [0.25, 0.3) is 0 Å². The van der Waals surface area contributed by atoms with Crippen molar-refractivity contribution in [3.8, 4) is 0 Å². The van der Waals surface area contributed by atoms with Crippen molar-refractivity contribution in [2.24, 2.45) is 0 Å². The SMILES string of the molecule is CCN(C1CCCNC1)C(C)c1cnn(CC)c1. The van der Waals surface area contributed by atoms with Gasteiger partial charge >= 0.3 is 0 Å². The molecule has 18 heavy (non-hydrogen) atoms. The van der Waals surface area contributed by atoms with Gasteiger partial charge in [-0.25, -0.2) is 0 Å². The van der Waals surface area contributed by atoms with Gasteiger partial charge in [-0.3, -0.25) is 9.58 Å². The van der Waals surface area contributed by atoms with Gasteiger partial charge in [0.1, 0.15) is 0 Å². The predicted octanol–water partition coefficient (Wildman–Crippen LogP) is 2.04. The van der Waals surface area contributed by atoms with Crippen LogP contribution >= 0.6 is 0 Å². The summed E-state index contributed by atoms with van der Waals surface area (Å²) in [5.74, 6) is 0. The molecule has 0 aromatic carbocycles. The summed E-state index contributed by atoms with van der Waals surface area (Å²) < 4.78 is 2.01. The van der Waals surface area contributed by atoms with Crippen LogP contribution in [0.3, 0.4) is 0 Å². The third-order valence-corrected chi connectivity index (χ3v) is 4.06. The van der Waals surface area contributed by atoms with Crippen molar-refractivity contribution < 1.29 is 0 Å². The van der Waals surface area contributed by atoms with E-state index >= 15 is 0 Å². The van der Waals surface area contributed by atoms with Crippen molar-refractivity contribution in [3.63, 3.8) is 0 Å². The zero-order chi connectivity index (χ0) is 13.0. The first-order chi connectivity index (χ1) is 8.76. The highest BCUT2D eigenvalue weighted by Gasteiger charge is 2.25. The molecule has 0 aliphatic carbocycles. The van der Waals surface area contributed by atoms with E-state index in [1.54, 1.807) is 0 Å². The Labute approximate surface area is 110 Å². The molecule has 2 rings (SSSR count). The lowest BCUT2D eigenvalue weighted by Gasteiger charge is -2.37. The Morgan fingerprint density at radius 3 is 2.94 bits per heavy atom. The molecular formula is C14H26N4. The number of likely N-dealkylation sites (N-methyl/N-ethyl adjacent to an activating group) is 1. The van der Waals surface area contributed by atoms with Gasteiger partial charge in [0.15, 0.2) is 0 Å². The van der Waals surface area contributed by atoms with Crippen LogP contribution in [0, 0.1) is 0 Å². The van der Waals surface area contributed by atoms with E-state index in [0.29, 0.717) is 12.1 Å². The molecule has 2 atom stereocenters. The predicted molar refractivity (Wildman–Crippen MR) is 74.6 cm³/mol. The van der Waals surface area contributed by atoms with E-state index in [9.17, 15) is 0 Å². The minimum Gasteiger partial charge on any atom is -0.315 e. The third kappa shape index (κ3) is 2.93. The average molecular weight is 250 g/mol. The lowest BCUT2D eigenvalue weighted by Crippen LogP contribution is -2.46. The number of aromatic nitrogens is 2. The van der Waals surface area contributed by atoms with E-state index in [1.807, 2.05) is 10.9 Å². The number of hydrogen-bond donors (Lipinski definition) is 1. The lowest BCUT2D eigenvalue weighted by molar-refractivity contribution is 0.128. The molecule has 0 bridgehead atoms. The molecule has 0 radical (unpaired) electrons. The minimum atomic E-state index is 0.459. The normalized spacial score (nSPS) is 22.3. The van der Waals surface area contributed by atoms with Gasteiger partial charge < -0.3 is 5.32 Å². The molecule has 0 spiro atoms. The molecule has 1 aliphatic rings. The fourth-order valence-electron chi connectivity index (χ4n) is 2.92. The van der Waals surface area contributed by atoms with Crippen molar-refractivity contribution in [2.45, 2.75) is 52.2 Å². The molecule has 1 aromatic rings. The van der Waals surface area contributed by atoms with E-state index in [-0.39, 0.29) is 0 Å². The maximum Gasteiger partial charge on any atom is 0.0537 e. The van der Waals surface area contributed by atoms with Crippen LogP contribution in [0.4, 0.5) is 0 Å². The summed E-state index contributed by atoms with van der Waals surface area (Å²) in [6.45, 7) is 11.0. The number of hydrogen-bond acceptors (Lipinski definition) is 3. The largest absolute Gasteiger partial charge is 0.315 e. The average Bonchev–Trinajstić information content (AvgIpc) is 2.89. The first-order valence-electron chi connectivity index (χ1n) is 7.25. The van der Waals surface area contributed by atoms with Crippen LogP contribution in [0.2, 0.25) is 0 Å². The van der Waals surface area contributed by atoms with Gasteiger partial charge in [-0.1, -0.05) is 6.92 Å². The Morgan fingerprint density at radius 2 is 2.39 bits per heavy atom.